The van der Waals surface area contributed by atoms with Crippen LogP contribution < -0.4 is 5.32 Å². The number of amides is 1. The van der Waals surface area contributed by atoms with Crippen LogP contribution in [0.4, 0.5) is 10.1 Å². The lowest BCUT2D eigenvalue weighted by Gasteiger charge is -2.15. The normalized spacial score (nSPS) is 14.1. The average Bonchev–Trinajstić information content (AvgIpc) is 3.55. The van der Waals surface area contributed by atoms with Gasteiger partial charge in [0.15, 0.2) is 0 Å². The lowest BCUT2D eigenvalue weighted by molar-refractivity contribution is 0.102. The van der Waals surface area contributed by atoms with Gasteiger partial charge in [-0.25, -0.2) is 4.39 Å². The summed E-state index contributed by atoms with van der Waals surface area (Å²) in [5.74, 6) is -0.548. The van der Waals surface area contributed by atoms with Gasteiger partial charge >= 0.3 is 0 Å². The number of carbonyl (C=O) groups excluding carboxylic acids is 1. The number of likely N-dealkylation sites (tertiary alicyclic amines) is 1. The van der Waals surface area contributed by atoms with Crippen molar-refractivity contribution in [2.24, 2.45) is 0 Å². The summed E-state index contributed by atoms with van der Waals surface area (Å²) in [6.45, 7) is 5.10. The van der Waals surface area contributed by atoms with Crippen LogP contribution in [0.15, 0.2) is 77.3 Å². The fourth-order valence-corrected chi connectivity index (χ4v) is 4.98. The maximum atomic E-state index is 15.0. The molecule has 1 aliphatic heterocycles. The highest BCUT2D eigenvalue weighted by atomic mass is 19.1. The summed E-state index contributed by atoms with van der Waals surface area (Å²) in [6.07, 6.45) is 4.43. The molecule has 5 aromatic rings. The van der Waals surface area contributed by atoms with Crippen LogP contribution in [0.1, 0.15) is 34.3 Å². The number of benzene rings is 3. The van der Waals surface area contributed by atoms with E-state index in [0.717, 1.165) is 47.1 Å². The van der Waals surface area contributed by atoms with Gasteiger partial charge in [-0.3, -0.25) is 14.7 Å². The fourth-order valence-electron chi connectivity index (χ4n) is 4.98. The van der Waals surface area contributed by atoms with E-state index in [1.807, 2.05) is 55.6 Å². The van der Waals surface area contributed by atoms with E-state index in [2.05, 4.69) is 21.3 Å². The third-order valence-corrected chi connectivity index (χ3v) is 6.94. The van der Waals surface area contributed by atoms with Gasteiger partial charge in [-0.2, -0.15) is 0 Å². The van der Waals surface area contributed by atoms with E-state index >= 15 is 0 Å². The minimum Gasteiger partial charge on any atom is -0.456 e. The molecule has 3 aromatic carbocycles. The Balaban J connectivity index is 1.22. The number of para-hydroxylation sites is 1. The van der Waals surface area contributed by atoms with Crippen LogP contribution >= 0.6 is 0 Å². The van der Waals surface area contributed by atoms with E-state index in [1.165, 1.54) is 30.5 Å². The van der Waals surface area contributed by atoms with Crippen molar-refractivity contribution in [3.05, 3.63) is 95.4 Å². The van der Waals surface area contributed by atoms with E-state index in [1.54, 1.807) is 6.07 Å². The number of hydrogen-bond donors (Lipinski definition) is 1. The first-order valence-electron chi connectivity index (χ1n) is 12.3. The summed E-state index contributed by atoms with van der Waals surface area (Å²) >= 11 is 0. The molecule has 3 heterocycles. The maximum Gasteiger partial charge on any atom is 0.258 e. The predicted molar refractivity (Wildman–Crippen MR) is 141 cm³/mol. The third kappa shape index (κ3) is 4.25. The minimum atomic E-state index is -0.603. The Labute approximate surface area is 208 Å². The van der Waals surface area contributed by atoms with Crippen LogP contribution in [0.3, 0.4) is 0 Å². The van der Waals surface area contributed by atoms with Gasteiger partial charge in [0.2, 0.25) is 0 Å². The fraction of sp³-hybridized carbons (Fsp3) is 0.200. The van der Waals surface area contributed by atoms with Crippen LogP contribution in [0, 0.1) is 12.7 Å². The maximum absolute atomic E-state index is 15.0. The van der Waals surface area contributed by atoms with E-state index in [0.29, 0.717) is 17.0 Å². The molecule has 0 bridgehead atoms. The molecular formula is C30H26FN3O2. The molecule has 6 rings (SSSR count). The summed E-state index contributed by atoms with van der Waals surface area (Å²) in [7, 11) is 0. The van der Waals surface area contributed by atoms with E-state index < -0.39 is 11.7 Å². The molecule has 1 N–H and O–H groups in total. The van der Waals surface area contributed by atoms with Gasteiger partial charge in [-0.1, -0.05) is 30.3 Å². The Morgan fingerprint density at radius 3 is 2.67 bits per heavy atom. The SMILES string of the molecule is Cc1c(NC(=O)c2ccc(-c3cc4ccccc4o3)cc2F)ccc2cc(CN3CCCC3)cnc12. The van der Waals surface area contributed by atoms with Crippen molar-refractivity contribution in [1.82, 2.24) is 9.88 Å². The van der Waals surface area contributed by atoms with Crippen molar-refractivity contribution in [3.63, 3.8) is 0 Å². The summed E-state index contributed by atoms with van der Waals surface area (Å²) in [5.41, 5.74) is 4.78. The van der Waals surface area contributed by atoms with Gasteiger partial charge in [0.25, 0.3) is 5.91 Å². The van der Waals surface area contributed by atoms with Crippen molar-refractivity contribution >= 4 is 33.5 Å². The zero-order chi connectivity index (χ0) is 24.6. The Kier molecular flexibility index (Phi) is 5.74. The van der Waals surface area contributed by atoms with Gasteiger partial charge < -0.3 is 9.73 Å². The largest absolute Gasteiger partial charge is 0.456 e. The topological polar surface area (TPSA) is 58.4 Å². The summed E-state index contributed by atoms with van der Waals surface area (Å²) < 4.78 is 20.8. The van der Waals surface area contributed by atoms with Gasteiger partial charge in [0.1, 0.15) is 17.2 Å². The first-order valence-corrected chi connectivity index (χ1v) is 12.3. The summed E-state index contributed by atoms with van der Waals surface area (Å²) in [5, 5.41) is 4.84. The highest BCUT2D eigenvalue weighted by Gasteiger charge is 2.17. The van der Waals surface area contributed by atoms with E-state index in [-0.39, 0.29) is 5.56 Å². The molecule has 0 spiro atoms. The van der Waals surface area contributed by atoms with E-state index in [4.69, 9.17) is 4.42 Å². The molecule has 0 aliphatic carbocycles. The number of fused-ring (bicyclic) bond motifs is 2. The molecule has 5 nitrogen and oxygen atoms in total. The second-order valence-corrected chi connectivity index (χ2v) is 9.43. The molecule has 36 heavy (non-hydrogen) atoms. The Bertz CT molecular complexity index is 1570. The number of rotatable bonds is 5. The standard InChI is InChI=1S/C30H26FN3O2/c1-19-26(11-9-23-14-20(17-32-29(19)23)18-34-12-4-5-13-34)33-30(35)24-10-8-22(15-25(24)31)28-16-21-6-2-3-7-27(21)36-28/h2-3,6-11,14-17H,4-5,12-13,18H2,1H3,(H,33,35). The number of nitrogens with zero attached hydrogens (tertiary/aromatic N) is 2. The number of aryl methyl sites for hydroxylation is 1. The molecule has 0 saturated carbocycles. The van der Waals surface area contributed by atoms with Crippen molar-refractivity contribution in [2.45, 2.75) is 26.3 Å². The number of anilines is 1. The smallest absolute Gasteiger partial charge is 0.258 e. The number of aromatic nitrogens is 1. The minimum absolute atomic E-state index is 0.0247. The van der Waals surface area contributed by atoms with Crippen molar-refractivity contribution < 1.29 is 13.6 Å². The number of hydrogen-bond acceptors (Lipinski definition) is 4. The molecule has 180 valence electrons. The van der Waals surface area contributed by atoms with Crippen LogP contribution in [-0.4, -0.2) is 28.9 Å². The van der Waals surface area contributed by atoms with Crippen LogP contribution in [-0.2, 0) is 6.54 Å². The average molecular weight is 480 g/mol. The van der Waals surface area contributed by atoms with Gasteiger partial charge in [0, 0.05) is 34.8 Å². The number of furan rings is 1. The zero-order valence-corrected chi connectivity index (χ0v) is 20.1. The molecule has 0 atom stereocenters. The quantitative estimate of drug-likeness (QED) is 0.297. The zero-order valence-electron chi connectivity index (χ0n) is 20.1. The molecule has 6 heteroatoms. The number of nitrogens with one attached hydrogen (secondary N) is 1. The third-order valence-electron chi connectivity index (χ3n) is 6.94. The highest BCUT2D eigenvalue weighted by molar-refractivity contribution is 6.06. The first kappa shape index (κ1) is 22.4. The Hall–Kier alpha value is -4.03. The molecular weight excluding hydrogens is 453 g/mol. The molecule has 1 saturated heterocycles. The van der Waals surface area contributed by atoms with Gasteiger partial charge in [0.05, 0.1) is 11.1 Å². The van der Waals surface area contributed by atoms with Crippen molar-refractivity contribution in [2.75, 3.05) is 18.4 Å². The second-order valence-electron chi connectivity index (χ2n) is 9.43. The molecule has 2 aromatic heterocycles. The molecule has 1 amide bonds. The molecule has 0 radical (unpaired) electrons. The van der Waals surface area contributed by atoms with Crippen LogP contribution in [0.25, 0.3) is 33.2 Å². The predicted octanol–water partition coefficient (Wildman–Crippen LogP) is 6.94. The highest BCUT2D eigenvalue weighted by Crippen LogP contribution is 2.30. The van der Waals surface area contributed by atoms with Crippen molar-refractivity contribution in [1.29, 1.82) is 0 Å². The molecule has 1 fully saturated rings. The van der Waals surface area contributed by atoms with Gasteiger partial charge in [-0.05, 0) is 80.4 Å². The second kappa shape index (κ2) is 9.21. The molecule has 1 aliphatic rings. The monoisotopic (exact) mass is 479 g/mol. The molecule has 0 unspecified atom stereocenters. The Morgan fingerprint density at radius 1 is 1.03 bits per heavy atom. The first-order chi connectivity index (χ1) is 17.5. The lowest BCUT2D eigenvalue weighted by atomic mass is 10.1. The summed E-state index contributed by atoms with van der Waals surface area (Å²) in [6, 6.07) is 20.0. The Morgan fingerprint density at radius 2 is 1.86 bits per heavy atom. The number of carbonyl (C=O) groups is 1. The lowest BCUT2D eigenvalue weighted by Crippen LogP contribution is -2.18. The van der Waals surface area contributed by atoms with Crippen LogP contribution in [0.5, 0.6) is 0 Å². The van der Waals surface area contributed by atoms with Crippen molar-refractivity contribution in [3.8, 4) is 11.3 Å². The summed E-state index contributed by atoms with van der Waals surface area (Å²) in [4.78, 5) is 20.1. The van der Waals surface area contributed by atoms with Crippen LogP contribution in [0.2, 0.25) is 0 Å². The van der Waals surface area contributed by atoms with E-state index in [9.17, 15) is 9.18 Å². The van der Waals surface area contributed by atoms with Gasteiger partial charge in [-0.15, -0.1) is 0 Å². The number of halogens is 1. The number of pyridine rings is 1.